The fourth-order valence-corrected chi connectivity index (χ4v) is 1.69. The highest BCUT2D eigenvalue weighted by Gasteiger charge is 2.21. The molecule has 1 heterocycles. The van der Waals surface area contributed by atoms with Gasteiger partial charge in [0.2, 0.25) is 0 Å². The summed E-state index contributed by atoms with van der Waals surface area (Å²) in [5, 5.41) is 12.1. The normalized spacial score (nSPS) is 13.6. The molecule has 0 aliphatic heterocycles. The number of aromatic nitrogens is 1. The van der Waals surface area contributed by atoms with Gasteiger partial charge in [-0.3, -0.25) is 4.79 Å². The third kappa shape index (κ3) is 4.23. The summed E-state index contributed by atoms with van der Waals surface area (Å²) in [5.74, 6) is -1.01. The van der Waals surface area contributed by atoms with E-state index >= 15 is 0 Å². The van der Waals surface area contributed by atoms with E-state index in [4.69, 9.17) is 5.11 Å². The van der Waals surface area contributed by atoms with Crippen LogP contribution in [0.15, 0.2) is 18.3 Å². The van der Waals surface area contributed by atoms with E-state index in [2.05, 4.69) is 30.2 Å². The van der Waals surface area contributed by atoms with Crippen LogP contribution in [-0.2, 0) is 10.2 Å². The summed E-state index contributed by atoms with van der Waals surface area (Å²) in [6.07, 6.45) is 2.58. The lowest BCUT2D eigenvalue weighted by atomic mass is 9.89. The molecule has 1 atom stereocenters. The molecule has 1 aromatic rings. The molecular formula is C13H22N2O2. The summed E-state index contributed by atoms with van der Waals surface area (Å²) in [7, 11) is 0. The number of carboxylic acids is 1. The van der Waals surface area contributed by atoms with Crippen LogP contribution in [0.4, 0.5) is 0 Å². The van der Waals surface area contributed by atoms with Crippen molar-refractivity contribution in [3.05, 3.63) is 24.0 Å². The molecule has 17 heavy (non-hydrogen) atoms. The molecule has 1 aromatic heterocycles. The molecule has 0 aromatic carbocycles. The number of carboxylic acid groups (broad SMARTS) is 1. The smallest absolute Gasteiger partial charge is 0.306 e. The second kappa shape index (κ2) is 5.87. The Morgan fingerprint density at radius 2 is 2.29 bits per heavy atom. The van der Waals surface area contributed by atoms with Gasteiger partial charge in [0, 0.05) is 23.9 Å². The first-order valence-corrected chi connectivity index (χ1v) is 6.01. The maximum atomic E-state index is 10.6. The molecule has 1 unspecified atom stereocenters. The van der Waals surface area contributed by atoms with Gasteiger partial charge in [0.15, 0.2) is 0 Å². The lowest BCUT2D eigenvalue weighted by Crippen LogP contribution is -2.34. The number of rotatable bonds is 7. The van der Waals surface area contributed by atoms with Crippen LogP contribution >= 0.6 is 0 Å². The lowest BCUT2D eigenvalue weighted by Gasteiger charge is -2.24. The van der Waals surface area contributed by atoms with E-state index in [-0.39, 0.29) is 11.3 Å². The molecule has 0 radical (unpaired) electrons. The molecule has 4 heteroatoms. The predicted octanol–water partition coefficient (Wildman–Crippen LogP) is 1.99. The third-order valence-corrected chi connectivity index (χ3v) is 3.07. The van der Waals surface area contributed by atoms with Crippen LogP contribution in [0.2, 0.25) is 0 Å². The van der Waals surface area contributed by atoms with Gasteiger partial charge in [0.25, 0.3) is 0 Å². The Morgan fingerprint density at radius 1 is 1.59 bits per heavy atom. The molecule has 0 bridgehead atoms. The quantitative estimate of drug-likeness (QED) is 0.636. The largest absolute Gasteiger partial charge is 0.481 e. The van der Waals surface area contributed by atoms with Gasteiger partial charge in [0.1, 0.15) is 0 Å². The van der Waals surface area contributed by atoms with Crippen molar-refractivity contribution in [1.29, 1.82) is 0 Å². The molecule has 0 aliphatic carbocycles. The monoisotopic (exact) mass is 238 g/mol. The van der Waals surface area contributed by atoms with Crippen molar-refractivity contribution in [2.75, 3.05) is 13.1 Å². The first kappa shape index (κ1) is 13.8. The van der Waals surface area contributed by atoms with Crippen molar-refractivity contribution in [3.63, 3.8) is 0 Å². The number of carbonyl (C=O) groups is 1. The number of nitrogens with one attached hydrogen (secondary N) is 2. The van der Waals surface area contributed by atoms with Gasteiger partial charge in [-0.15, -0.1) is 0 Å². The van der Waals surface area contributed by atoms with Crippen LogP contribution in [0.3, 0.4) is 0 Å². The molecule has 0 fully saturated rings. The van der Waals surface area contributed by atoms with E-state index < -0.39 is 5.97 Å². The highest BCUT2D eigenvalue weighted by atomic mass is 16.4. The van der Waals surface area contributed by atoms with Crippen LogP contribution < -0.4 is 5.32 Å². The minimum atomic E-state index is -0.726. The Balaban J connectivity index is 2.29. The Kier molecular flexibility index (Phi) is 4.75. The molecule has 0 spiro atoms. The van der Waals surface area contributed by atoms with E-state index in [1.165, 1.54) is 5.69 Å². The summed E-state index contributed by atoms with van der Waals surface area (Å²) in [5.41, 5.74) is 1.23. The van der Waals surface area contributed by atoms with E-state index in [1.54, 1.807) is 6.92 Å². The van der Waals surface area contributed by atoms with Crippen LogP contribution in [-0.4, -0.2) is 29.1 Å². The highest BCUT2D eigenvalue weighted by molar-refractivity contribution is 5.69. The Labute approximate surface area is 102 Å². The third-order valence-electron chi connectivity index (χ3n) is 3.07. The summed E-state index contributed by atoms with van der Waals surface area (Å²) < 4.78 is 0. The first-order chi connectivity index (χ1) is 7.93. The van der Waals surface area contributed by atoms with Gasteiger partial charge in [0.05, 0.1) is 5.92 Å². The first-order valence-electron chi connectivity index (χ1n) is 6.01. The van der Waals surface area contributed by atoms with E-state index in [0.29, 0.717) is 6.42 Å². The number of aliphatic carboxylic acids is 1. The van der Waals surface area contributed by atoms with Gasteiger partial charge in [-0.2, -0.15) is 0 Å². The molecule has 1 rings (SSSR count). The number of aromatic amines is 1. The van der Waals surface area contributed by atoms with E-state index in [1.807, 2.05) is 12.3 Å². The number of H-pyrrole nitrogens is 1. The molecular weight excluding hydrogens is 216 g/mol. The average molecular weight is 238 g/mol. The molecule has 0 aliphatic rings. The van der Waals surface area contributed by atoms with Gasteiger partial charge >= 0.3 is 5.97 Å². The van der Waals surface area contributed by atoms with Crippen LogP contribution in [0.5, 0.6) is 0 Å². The van der Waals surface area contributed by atoms with Crippen molar-refractivity contribution >= 4 is 5.97 Å². The zero-order valence-corrected chi connectivity index (χ0v) is 10.8. The van der Waals surface area contributed by atoms with Gasteiger partial charge < -0.3 is 15.4 Å². The zero-order chi connectivity index (χ0) is 12.9. The molecule has 0 saturated carbocycles. The topological polar surface area (TPSA) is 65.1 Å². The van der Waals surface area contributed by atoms with E-state index in [9.17, 15) is 4.79 Å². The Hall–Kier alpha value is -1.29. The summed E-state index contributed by atoms with van der Waals surface area (Å²) in [6, 6.07) is 4.06. The summed E-state index contributed by atoms with van der Waals surface area (Å²) >= 11 is 0. The minimum absolute atomic E-state index is 0.0377. The van der Waals surface area contributed by atoms with Crippen molar-refractivity contribution in [1.82, 2.24) is 10.3 Å². The van der Waals surface area contributed by atoms with E-state index in [0.717, 1.165) is 13.1 Å². The van der Waals surface area contributed by atoms with Gasteiger partial charge in [-0.25, -0.2) is 0 Å². The molecule has 0 saturated heterocycles. The lowest BCUT2D eigenvalue weighted by molar-refractivity contribution is -0.141. The minimum Gasteiger partial charge on any atom is -0.481 e. The van der Waals surface area contributed by atoms with Gasteiger partial charge in [-0.05, 0) is 25.1 Å². The SMILES string of the molecule is CC(CCNCC(C)(C)c1ccc[nH]1)C(=O)O. The van der Waals surface area contributed by atoms with Gasteiger partial charge in [-0.1, -0.05) is 20.8 Å². The van der Waals surface area contributed by atoms with Crippen molar-refractivity contribution in [2.24, 2.45) is 5.92 Å². The van der Waals surface area contributed by atoms with Crippen molar-refractivity contribution < 1.29 is 9.90 Å². The Morgan fingerprint density at radius 3 is 2.82 bits per heavy atom. The molecule has 0 amide bonds. The standard InChI is InChI=1S/C13H22N2O2/c1-10(12(16)17)6-8-14-9-13(2,3)11-5-4-7-15-11/h4-5,7,10,14-15H,6,8-9H2,1-3H3,(H,16,17). The number of hydrogen-bond acceptors (Lipinski definition) is 2. The second-order valence-corrected chi connectivity index (χ2v) is 5.17. The predicted molar refractivity (Wildman–Crippen MR) is 68.1 cm³/mol. The van der Waals surface area contributed by atoms with Crippen molar-refractivity contribution in [3.8, 4) is 0 Å². The number of hydrogen-bond donors (Lipinski definition) is 3. The fraction of sp³-hybridized carbons (Fsp3) is 0.615. The second-order valence-electron chi connectivity index (χ2n) is 5.17. The zero-order valence-electron chi connectivity index (χ0n) is 10.8. The van der Waals surface area contributed by atoms with Crippen LogP contribution in [0.1, 0.15) is 32.9 Å². The fourth-order valence-electron chi connectivity index (χ4n) is 1.69. The van der Waals surface area contributed by atoms with Crippen molar-refractivity contribution in [2.45, 2.75) is 32.6 Å². The average Bonchev–Trinajstić information content (AvgIpc) is 2.77. The summed E-state index contributed by atoms with van der Waals surface area (Å²) in [4.78, 5) is 13.9. The highest BCUT2D eigenvalue weighted by Crippen LogP contribution is 2.19. The molecule has 96 valence electrons. The molecule has 4 nitrogen and oxygen atoms in total. The summed E-state index contributed by atoms with van der Waals surface area (Å²) in [6.45, 7) is 7.62. The maximum Gasteiger partial charge on any atom is 0.306 e. The molecule has 3 N–H and O–H groups in total. The van der Waals surface area contributed by atoms with Crippen LogP contribution in [0.25, 0.3) is 0 Å². The van der Waals surface area contributed by atoms with Crippen LogP contribution in [0, 0.1) is 5.92 Å². The Bertz CT molecular complexity index is 344. The maximum absolute atomic E-state index is 10.6.